The first kappa shape index (κ1) is 15.7. The van der Waals surface area contributed by atoms with Gasteiger partial charge in [-0.25, -0.2) is 0 Å². The van der Waals surface area contributed by atoms with Gasteiger partial charge in [0, 0.05) is 11.8 Å². The summed E-state index contributed by atoms with van der Waals surface area (Å²) in [5, 5.41) is 20.0. The molecular weight excluding hydrogens is 320 g/mol. The van der Waals surface area contributed by atoms with E-state index in [1.165, 1.54) is 0 Å². The molecule has 1 heterocycles. The van der Waals surface area contributed by atoms with Crippen molar-refractivity contribution in [2.24, 2.45) is 11.8 Å². The molecule has 2 aromatic rings. The van der Waals surface area contributed by atoms with Crippen LogP contribution in [0.5, 0.6) is 11.5 Å². The monoisotopic (exact) mass is 338 g/mol. The molecule has 25 heavy (non-hydrogen) atoms. The number of aromatic hydroxyl groups is 1. The number of rotatable bonds is 2. The number of carbonyl (C=O) groups is 2. The average Bonchev–Trinajstić information content (AvgIpc) is 2.51. The van der Waals surface area contributed by atoms with E-state index in [0.29, 0.717) is 11.3 Å². The molecule has 0 aromatic heterocycles. The van der Waals surface area contributed by atoms with Crippen LogP contribution < -0.4 is 4.74 Å². The maximum atomic E-state index is 12.4. The predicted octanol–water partition coefficient (Wildman–Crippen LogP) is 3.13. The van der Waals surface area contributed by atoms with Gasteiger partial charge in [-0.05, 0) is 37.1 Å². The molecule has 0 radical (unpaired) electrons. The largest absolute Gasteiger partial charge is 0.508 e. The van der Waals surface area contributed by atoms with Gasteiger partial charge in [0.25, 0.3) is 0 Å². The summed E-state index contributed by atoms with van der Waals surface area (Å²) in [7, 11) is 0. The van der Waals surface area contributed by atoms with Gasteiger partial charge in [0.1, 0.15) is 11.5 Å². The first-order chi connectivity index (χ1) is 11.9. The smallest absolute Gasteiger partial charge is 0.315 e. The number of fused-ring (bicyclic) bond motifs is 3. The van der Waals surface area contributed by atoms with Gasteiger partial charge in [-0.1, -0.05) is 35.4 Å². The standard InChI is InChI=1S/C20H18O5/c1-9-3-5-13(21)11(7-9)15-16-12-8-10(2)4-6-14(12)25-20(24)18(16)17(15)19(22)23/h3-8,15-18,21H,1-2H3,(H,22,23)/t15-,16+,17-,18+/m1/s1. The number of carbonyl (C=O) groups excluding carboxylic acids is 1. The third-order valence-corrected chi connectivity index (χ3v) is 5.38. The lowest BCUT2D eigenvalue weighted by molar-refractivity contribution is -0.165. The molecule has 5 nitrogen and oxygen atoms in total. The van der Waals surface area contributed by atoms with Crippen LogP contribution in [0.25, 0.3) is 0 Å². The molecule has 0 spiro atoms. The number of benzene rings is 2. The Hall–Kier alpha value is -2.82. The number of aryl methyl sites for hydroxylation is 2. The molecule has 1 aliphatic carbocycles. The number of carboxylic acid groups (broad SMARTS) is 1. The summed E-state index contributed by atoms with van der Waals surface area (Å²) < 4.78 is 5.37. The van der Waals surface area contributed by atoms with E-state index >= 15 is 0 Å². The van der Waals surface area contributed by atoms with E-state index in [1.807, 2.05) is 32.0 Å². The van der Waals surface area contributed by atoms with Crippen LogP contribution in [0.2, 0.25) is 0 Å². The molecule has 1 aliphatic heterocycles. The summed E-state index contributed by atoms with van der Waals surface area (Å²) in [4.78, 5) is 24.3. The number of carboxylic acids is 1. The lowest BCUT2D eigenvalue weighted by Gasteiger charge is -2.51. The van der Waals surface area contributed by atoms with E-state index in [0.717, 1.165) is 16.7 Å². The molecule has 128 valence electrons. The quantitative estimate of drug-likeness (QED) is 0.649. The van der Waals surface area contributed by atoms with Gasteiger partial charge in [0.2, 0.25) is 0 Å². The van der Waals surface area contributed by atoms with Gasteiger partial charge < -0.3 is 14.9 Å². The van der Waals surface area contributed by atoms with Crippen LogP contribution in [0.3, 0.4) is 0 Å². The van der Waals surface area contributed by atoms with Gasteiger partial charge in [-0.2, -0.15) is 0 Å². The highest BCUT2D eigenvalue weighted by atomic mass is 16.5. The van der Waals surface area contributed by atoms with Gasteiger partial charge in [0.05, 0.1) is 11.8 Å². The fourth-order valence-corrected chi connectivity index (χ4v) is 4.26. The van der Waals surface area contributed by atoms with Gasteiger partial charge in [-0.3, -0.25) is 9.59 Å². The second-order valence-electron chi connectivity index (χ2n) is 6.97. The number of esters is 1. The fraction of sp³-hybridized carbons (Fsp3) is 0.300. The van der Waals surface area contributed by atoms with Crippen molar-refractivity contribution < 1.29 is 24.5 Å². The molecule has 0 amide bonds. The molecule has 2 aliphatic rings. The number of phenolic OH excluding ortho intramolecular Hbond substituents is 1. The van der Waals surface area contributed by atoms with E-state index in [1.54, 1.807) is 18.2 Å². The third-order valence-electron chi connectivity index (χ3n) is 5.38. The Bertz CT molecular complexity index is 901. The normalized spacial score (nSPS) is 26.9. The molecule has 0 bridgehead atoms. The zero-order chi connectivity index (χ0) is 17.9. The minimum atomic E-state index is -1.04. The molecule has 2 aromatic carbocycles. The second kappa shape index (κ2) is 5.34. The molecule has 0 unspecified atom stereocenters. The van der Waals surface area contributed by atoms with E-state index in [9.17, 15) is 19.8 Å². The topological polar surface area (TPSA) is 83.8 Å². The summed E-state index contributed by atoms with van der Waals surface area (Å²) in [6, 6.07) is 10.7. The van der Waals surface area contributed by atoms with Crippen molar-refractivity contribution in [1.29, 1.82) is 0 Å². The number of hydrogen-bond donors (Lipinski definition) is 2. The maximum absolute atomic E-state index is 12.4. The molecule has 4 atom stereocenters. The third kappa shape index (κ3) is 2.22. The van der Waals surface area contributed by atoms with Crippen molar-refractivity contribution in [2.45, 2.75) is 25.7 Å². The summed E-state index contributed by atoms with van der Waals surface area (Å²) in [6.45, 7) is 3.83. The molecular formula is C20H18O5. The zero-order valence-electron chi connectivity index (χ0n) is 13.9. The van der Waals surface area contributed by atoms with Crippen LogP contribution >= 0.6 is 0 Å². The molecule has 1 fully saturated rings. The fourth-order valence-electron chi connectivity index (χ4n) is 4.26. The predicted molar refractivity (Wildman–Crippen MR) is 89.8 cm³/mol. The first-order valence-corrected chi connectivity index (χ1v) is 8.23. The highest BCUT2D eigenvalue weighted by molar-refractivity contribution is 5.89. The van der Waals surface area contributed by atoms with Gasteiger partial charge in [-0.15, -0.1) is 0 Å². The summed E-state index contributed by atoms with van der Waals surface area (Å²) in [6.07, 6.45) is 0. The maximum Gasteiger partial charge on any atom is 0.315 e. The molecule has 2 N–H and O–H groups in total. The van der Waals surface area contributed by atoms with Crippen molar-refractivity contribution in [2.75, 3.05) is 0 Å². The number of phenols is 1. The second-order valence-corrected chi connectivity index (χ2v) is 6.97. The van der Waals surface area contributed by atoms with Crippen LogP contribution in [0.1, 0.15) is 34.1 Å². The van der Waals surface area contributed by atoms with Crippen LogP contribution in [-0.4, -0.2) is 22.2 Å². The highest BCUT2D eigenvalue weighted by Gasteiger charge is 2.62. The lowest BCUT2D eigenvalue weighted by Crippen LogP contribution is -2.54. The Balaban J connectivity index is 1.89. The minimum Gasteiger partial charge on any atom is -0.508 e. The molecule has 0 saturated heterocycles. The molecule has 5 heteroatoms. The van der Waals surface area contributed by atoms with Crippen LogP contribution in [0.4, 0.5) is 0 Å². The Morgan fingerprint density at radius 1 is 0.960 bits per heavy atom. The van der Waals surface area contributed by atoms with E-state index in [-0.39, 0.29) is 11.7 Å². The van der Waals surface area contributed by atoms with Crippen molar-refractivity contribution >= 4 is 11.9 Å². The minimum absolute atomic E-state index is 0.0634. The van der Waals surface area contributed by atoms with Gasteiger partial charge in [0.15, 0.2) is 0 Å². The first-order valence-electron chi connectivity index (χ1n) is 8.23. The number of hydrogen-bond acceptors (Lipinski definition) is 4. The van der Waals surface area contributed by atoms with E-state index < -0.39 is 29.7 Å². The summed E-state index contributed by atoms with van der Waals surface area (Å²) in [5.74, 6) is -3.39. The van der Waals surface area contributed by atoms with E-state index in [2.05, 4.69) is 0 Å². The Kier molecular flexibility index (Phi) is 3.35. The van der Waals surface area contributed by atoms with Crippen LogP contribution in [0.15, 0.2) is 36.4 Å². The Morgan fingerprint density at radius 3 is 2.28 bits per heavy atom. The average molecular weight is 338 g/mol. The van der Waals surface area contributed by atoms with Crippen molar-refractivity contribution in [3.63, 3.8) is 0 Å². The number of ether oxygens (including phenoxy) is 1. The van der Waals surface area contributed by atoms with Crippen molar-refractivity contribution in [1.82, 2.24) is 0 Å². The SMILES string of the molecule is Cc1ccc2c(c1)[C@@H]1[C@H](C(=O)O2)[C@H](C(=O)O)[C@@H]1c1cc(C)ccc1O. The Morgan fingerprint density at radius 2 is 1.60 bits per heavy atom. The Labute approximate surface area is 144 Å². The zero-order valence-corrected chi connectivity index (χ0v) is 13.9. The van der Waals surface area contributed by atoms with Crippen molar-refractivity contribution in [3.05, 3.63) is 58.7 Å². The van der Waals surface area contributed by atoms with Crippen LogP contribution in [-0.2, 0) is 9.59 Å². The van der Waals surface area contributed by atoms with Crippen LogP contribution in [0, 0.1) is 25.7 Å². The molecule has 1 saturated carbocycles. The van der Waals surface area contributed by atoms with Crippen molar-refractivity contribution in [3.8, 4) is 11.5 Å². The summed E-state index contributed by atoms with van der Waals surface area (Å²) in [5.41, 5.74) is 3.37. The van der Waals surface area contributed by atoms with E-state index in [4.69, 9.17) is 4.74 Å². The highest BCUT2D eigenvalue weighted by Crippen LogP contribution is 2.62. The molecule has 4 rings (SSSR count). The van der Waals surface area contributed by atoms with Gasteiger partial charge >= 0.3 is 11.9 Å². The number of aliphatic carboxylic acids is 1. The lowest BCUT2D eigenvalue weighted by atomic mass is 9.51. The summed E-state index contributed by atoms with van der Waals surface area (Å²) >= 11 is 0.